The monoisotopic (exact) mass is 614 g/mol. The molecule has 5 rings (SSSR count). The van der Waals surface area contributed by atoms with Gasteiger partial charge in [0, 0.05) is 15.7 Å². The predicted octanol–water partition coefficient (Wildman–Crippen LogP) is 6.44. The molecule has 0 spiro atoms. The molecule has 0 atom stereocenters. The maximum Gasteiger partial charge on any atom is 0.285 e. The van der Waals surface area contributed by atoms with Gasteiger partial charge in [0.2, 0.25) is 5.13 Å². The number of benzene rings is 3. The van der Waals surface area contributed by atoms with Gasteiger partial charge in [-0.05, 0) is 72.9 Å². The molecule has 0 bridgehead atoms. The van der Waals surface area contributed by atoms with E-state index in [-0.39, 0.29) is 12.5 Å². The molecule has 37 heavy (non-hydrogen) atoms. The van der Waals surface area contributed by atoms with E-state index in [0.717, 1.165) is 26.5 Å². The number of hydrogen-bond donors (Lipinski definition) is 2. The molecule has 3 aromatic carbocycles. The second-order valence-corrected chi connectivity index (χ2v) is 11.3. The highest BCUT2D eigenvalue weighted by atomic mass is 79.9. The minimum Gasteiger partial charge on any atom is -0.483 e. The second-order valence-electron chi connectivity index (χ2n) is 7.64. The zero-order valence-electron chi connectivity index (χ0n) is 18.7. The Morgan fingerprint density at radius 2 is 1.95 bits per heavy atom. The summed E-state index contributed by atoms with van der Waals surface area (Å²) in [6.07, 6.45) is 1.66. The van der Waals surface area contributed by atoms with E-state index < -0.39 is 11.7 Å². The van der Waals surface area contributed by atoms with E-state index in [2.05, 4.69) is 31.7 Å². The van der Waals surface area contributed by atoms with Crippen LogP contribution in [0.4, 0.5) is 15.2 Å². The SMILES string of the molecule is O=C(COc1ccc(Br)cc1/C=C1\SC(=S)N(Nc2nc3ccccc3s2)C1=O)Nc1ccc(F)cc1. The number of amides is 2. The molecular formula is C25H16BrFN4O3S3. The van der Waals surface area contributed by atoms with E-state index in [1.807, 2.05) is 24.3 Å². The van der Waals surface area contributed by atoms with E-state index >= 15 is 0 Å². The number of thiazole rings is 1. The van der Waals surface area contributed by atoms with Gasteiger partial charge in [-0.1, -0.05) is 51.2 Å². The molecular weight excluding hydrogens is 599 g/mol. The van der Waals surface area contributed by atoms with Crippen LogP contribution in [0.15, 0.2) is 76.1 Å². The van der Waals surface area contributed by atoms with E-state index in [1.165, 1.54) is 40.6 Å². The summed E-state index contributed by atoms with van der Waals surface area (Å²) in [5, 5.41) is 4.49. The minimum absolute atomic E-state index is 0.278. The van der Waals surface area contributed by atoms with Crippen molar-refractivity contribution in [3.63, 3.8) is 0 Å². The number of fused-ring (bicyclic) bond motifs is 1. The number of nitrogens with one attached hydrogen (secondary N) is 2. The third-order valence-electron chi connectivity index (χ3n) is 5.04. The van der Waals surface area contributed by atoms with Crippen LogP contribution in [0.2, 0.25) is 0 Å². The van der Waals surface area contributed by atoms with Crippen LogP contribution in [0.1, 0.15) is 5.56 Å². The van der Waals surface area contributed by atoms with Gasteiger partial charge in [-0.3, -0.25) is 15.0 Å². The Bertz CT molecular complexity index is 1530. The number of thiocarbonyl (C=S) groups is 1. The van der Waals surface area contributed by atoms with Crippen molar-refractivity contribution in [2.45, 2.75) is 0 Å². The summed E-state index contributed by atoms with van der Waals surface area (Å²) in [4.78, 5) is 30.4. The molecule has 2 heterocycles. The van der Waals surface area contributed by atoms with E-state index in [4.69, 9.17) is 17.0 Å². The Morgan fingerprint density at radius 3 is 2.73 bits per heavy atom. The van der Waals surface area contributed by atoms with E-state index in [0.29, 0.717) is 31.4 Å². The van der Waals surface area contributed by atoms with Crippen LogP contribution < -0.4 is 15.5 Å². The van der Waals surface area contributed by atoms with Gasteiger partial charge in [-0.2, -0.15) is 5.01 Å². The van der Waals surface area contributed by atoms with Crippen molar-refractivity contribution in [1.29, 1.82) is 0 Å². The largest absolute Gasteiger partial charge is 0.483 e. The number of hydrazine groups is 1. The molecule has 1 aliphatic heterocycles. The number of carbonyl (C=O) groups excluding carboxylic acids is 2. The lowest BCUT2D eigenvalue weighted by Gasteiger charge is -2.14. The highest BCUT2D eigenvalue weighted by Gasteiger charge is 2.33. The highest BCUT2D eigenvalue weighted by molar-refractivity contribution is 9.10. The molecule has 0 radical (unpaired) electrons. The van der Waals surface area contributed by atoms with Crippen LogP contribution in [0.5, 0.6) is 5.75 Å². The fourth-order valence-corrected chi connectivity index (χ4v) is 5.76. The molecule has 0 aliphatic carbocycles. The van der Waals surface area contributed by atoms with E-state index in [1.54, 1.807) is 24.3 Å². The number of aromatic nitrogens is 1. The maximum atomic E-state index is 13.1. The average Bonchev–Trinajstić information content (AvgIpc) is 3.40. The molecule has 0 unspecified atom stereocenters. The Morgan fingerprint density at radius 1 is 1.16 bits per heavy atom. The van der Waals surface area contributed by atoms with Gasteiger partial charge in [0.25, 0.3) is 11.8 Å². The van der Waals surface area contributed by atoms with Gasteiger partial charge < -0.3 is 10.1 Å². The molecule has 7 nitrogen and oxygen atoms in total. The summed E-state index contributed by atoms with van der Waals surface area (Å²) >= 11 is 11.4. The number of anilines is 2. The van der Waals surface area contributed by atoms with Crippen LogP contribution in [-0.4, -0.2) is 32.7 Å². The van der Waals surface area contributed by atoms with Gasteiger partial charge in [0.05, 0.1) is 15.1 Å². The summed E-state index contributed by atoms with van der Waals surface area (Å²) in [7, 11) is 0. The van der Waals surface area contributed by atoms with Crippen molar-refractivity contribution < 1.29 is 18.7 Å². The van der Waals surface area contributed by atoms with Crippen molar-refractivity contribution >= 4 is 94.5 Å². The molecule has 1 fully saturated rings. The Labute approximate surface area is 232 Å². The van der Waals surface area contributed by atoms with Crippen molar-refractivity contribution in [1.82, 2.24) is 9.99 Å². The Balaban J connectivity index is 1.30. The number of thioether (sulfide) groups is 1. The first-order valence-corrected chi connectivity index (χ1v) is 13.6. The quantitative estimate of drug-likeness (QED) is 0.183. The fourth-order valence-electron chi connectivity index (χ4n) is 3.36. The first kappa shape index (κ1) is 25.3. The zero-order valence-corrected chi connectivity index (χ0v) is 22.8. The molecule has 1 saturated heterocycles. The van der Waals surface area contributed by atoms with Gasteiger partial charge in [-0.15, -0.1) is 0 Å². The van der Waals surface area contributed by atoms with Gasteiger partial charge in [-0.25, -0.2) is 9.37 Å². The smallest absolute Gasteiger partial charge is 0.285 e. The van der Waals surface area contributed by atoms with Gasteiger partial charge in [0.15, 0.2) is 10.9 Å². The van der Waals surface area contributed by atoms with Crippen molar-refractivity contribution in [2.75, 3.05) is 17.3 Å². The Kier molecular flexibility index (Phi) is 7.51. The Hall–Kier alpha value is -3.32. The minimum atomic E-state index is -0.410. The molecule has 2 N–H and O–H groups in total. The molecule has 4 aromatic rings. The number of hydrogen-bond acceptors (Lipinski definition) is 8. The third-order valence-corrected chi connectivity index (χ3v) is 7.78. The van der Waals surface area contributed by atoms with Crippen molar-refractivity contribution in [3.8, 4) is 5.75 Å². The molecule has 0 saturated carbocycles. The van der Waals surface area contributed by atoms with Crippen LogP contribution >= 0.6 is 51.2 Å². The van der Waals surface area contributed by atoms with Crippen molar-refractivity contribution in [3.05, 3.63) is 87.5 Å². The summed E-state index contributed by atoms with van der Waals surface area (Å²) in [5.74, 6) is -0.725. The normalized spacial score (nSPS) is 14.4. The molecule has 2 amide bonds. The lowest BCUT2D eigenvalue weighted by Crippen LogP contribution is -2.33. The topological polar surface area (TPSA) is 83.6 Å². The summed E-state index contributed by atoms with van der Waals surface area (Å²) in [6, 6.07) is 18.4. The summed E-state index contributed by atoms with van der Waals surface area (Å²) in [6.45, 7) is -0.278. The summed E-state index contributed by atoms with van der Waals surface area (Å²) in [5.41, 5.74) is 4.88. The third kappa shape index (κ3) is 5.99. The van der Waals surface area contributed by atoms with Crippen LogP contribution in [-0.2, 0) is 9.59 Å². The van der Waals surface area contributed by atoms with Gasteiger partial charge >= 0.3 is 0 Å². The number of rotatable bonds is 7. The predicted molar refractivity (Wildman–Crippen MR) is 153 cm³/mol. The standard InChI is InChI=1S/C25H16BrFN4O3S3/c26-15-5-10-19(34-13-22(32)28-17-8-6-16(27)7-9-17)14(11-15)12-21-23(33)31(25(35)37-21)30-24-29-18-3-1-2-4-20(18)36-24/h1-12H,13H2,(H,28,32)(H,29,30)/b21-12-. The first-order valence-electron chi connectivity index (χ1n) is 10.7. The zero-order chi connectivity index (χ0) is 25.9. The van der Waals surface area contributed by atoms with Gasteiger partial charge in [0.1, 0.15) is 11.6 Å². The molecule has 186 valence electrons. The lowest BCUT2D eigenvalue weighted by molar-refractivity contribution is -0.121. The molecule has 1 aliphatic rings. The van der Waals surface area contributed by atoms with Crippen LogP contribution in [0.3, 0.4) is 0 Å². The number of nitrogens with zero attached hydrogens (tertiary/aromatic N) is 2. The lowest BCUT2D eigenvalue weighted by atomic mass is 10.2. The number of ether oxygens (including phenoxy) is 1. The number of para-hydroxylation sites is 1. The molecule has 1 aromatic heterocycles. The highest BCUT2D eigenvalue weighted by Crippen LogP contribution is 2.36. The fraction of sp³-hybridized carbons (Fsp3) is 0.0400. The van der Waals surface area contributed by atoms with E-state index in [9.17, 15) is 14.0 Å². The average molecular weight is 616 g/mol. The second kappa shape index (κ2) is 11.0. The maximum absolute atomic E-state index is 13.1. The summed E-state index contributed by atoms with van der Waals surface area (Å²) < 4.78 is 20.9. The van der Waals surface area contributed by atoms with Crippen LogP contribution in [0.25, 0.3) is 16.3 Å². The molecule has 12 heteroatoms. The number of carbonyl (C=O) groups is 2. The first-order chi connectivity index (χ1) is 17.9. The van der Waals surface area contributed by atoms with Crippen LogP contribution in [0, 0.1) is 5.82 Å². The number of halogens is 2. The van der Waals surface area contributed by atoms with Crippen molar-refractivity contribution in [2.24, 2.45) is 0 Å².